The molecule has 0 aromatic heterocycles. The maximum absolute atomic E-state index is 16.0. The molecule has 6 rings (SSSR count). The second-order valence-electron chi connectivity index (χ2n) is 14.0. The monoisotopic (exact) mass is 649 g/mol. The van der Waals surface area contributed by atoms with Crippen molar-refractivity contribution in [1.29, 1.82) is 0 Å². The SMILES string of the molecule is COc1ccc(OCCc2cccc(N)c2)c(F)c1[C@H](O)O[C@@H]1C[C@H]2[C@@H]3CCC4=CC(=O)C=C[C@]4(C)[C@H]3[C@@H](O)C[C@]2(C)[C@H]1C(=O)CO. The average Bonchev–Trinajstić information content (AvgIpc) is 3.32. The Morgan fingerprint density at radius 1 is 1.19 bits per heavy atom. The zero-order valence-corrected chi connectivity index (χ0v) is 27.0. The van der Waals surface area contributed by atoms with Gasteiger partial charge in [0.2, 0.25) is 0 Å². The van der Waals surface area contributed by atoms with Gasteiger partial charge in [-0.3, -0.25) is 9.59 Å². The van der Waals surface area contributed by atoms with Crippen molar-refractivity contribution in [3.05, 3.63) is 77.1 Å². The highest BCUT2D eigenvalue weighted by molar-refractivity contribution is 6.01. The van der Waals surface area contributed by atoms with Crippen molar-refractivity contribution in [1.82, 2.24) is 0 Å². The summed E-state index contributed by atoms with van der Waals surface area (Å²) in [5, 5.41) is 33.2. The summed E-state index contributed by atoms with van der Waals surface area (Å²) >= 11 is 0. The van der Waals surface area contributed by atoms with Crippen molar-refractivity contribution >= 4 is 17.3 Å². The van der Waals surface area contributed by atoms with Crippen LogP contribution in [0.4, 0.5) is 10.1 Å². The summed E-state index contributed by atoms with van der Waals surface area (Å²) in [5.74, 6) is -2.51. The third-order valence-corrected chi connectivity index (χ3v) is 11.5. The molecule has 5 N–H and O–H groups in total. The Bertz CT molecular complexity index is 1610. The van der Waals surface area contributed by atoms with Crippen LogP contribution < -0.4 is 15.2 Å². The Kier molecular flexibility index (Phi) is 9.08. The van der Waals surface area contributed by atoms with Gasteiger partial charge in [-0.2, -0.15) is 0 Å². The van der Waals surface area contributed by atoms with Crippen molar-refractivity contribution in [2.75, 3.05) is 26.1 Å². The fourth-order valence-corrected chi connectivity index (χ4v) is 9.46. The van der Waals surface area contributed by atoms with Crippen LogP contribution in [0.1, 0.15) is 56.9 Å². The maximum Gasteiger partial charge on any atom is 0.188 e. The van der Waals surface area contributed by atoms with Crippen LogP contribution in [0.25, 0.3) is 0 Å². The van der Waals surface area contributed by atoms with Gasteiger partial charge in [0.25, 0.3) is 0 Å². The summed E-state index contributed by atoms with van der Waals surface area (Å²) in [4.78, 5) is 25.6. The van der Waals surface area contributed by atoms with E-state index >= 15 is 4.39 Å². The number of hydrogen-bond donors (Lipinski definition) is 4. The molecule has 47 heavy (non-hydrogen) atoms. The molecule has 252 valence electrons. The van der Waals surface area contributed by atoms with Crippen LogP contribution in [0.5, 0.6) is 11.5 Å². The first-order chi connectivity index (χ1) is 22.4. The molecular formula is C37H44FNO8. The van der Waals surface area contributed by atoms with Gasteiger partial charge < -0.3 is 35.3 Å². The molecule has 2 aromatic rings. The van der Waals surface area contributed by atoms with Gasteiger partial charge in [0.1, 0.15) is 12.4 Å². The highest BCUT2D eigenvalue weighted by Gasteiger charge is 2.65. The molecule has 0 spiro atoms. The number of fused-ring (bicyclic) bond motifs is 5. The number of halogens is 1. The lowest BCUT2D eigenvalue weighted by atomic mass is 9.46. The quantitative estimate of drug-likeness (QED) is 0.216. The van der Waals surface area contributed by atoms with E-state index in [2.05, 4.69) is 6.92 Å². The number of hydrogen-bond acceptors (Lipinski definition) is 9. The van der Waals surface area contributed by atoms with E-state index in [9.17, 15) is 24.9 Å². The summed E-state index contributed by atoms with van der Waals surface area (Å²) in [6, 6.07) is 10.2. The highest BCUT2D eigenvalue weighted by Crippen LogP contribution is 2.66. The van der Waals surface area contributed by atoms with E-state index in [4.69, 9.17) is 19.9 Å². The fourth-order valence-electron chi connectivity index (χ4n) is 9.46. The summed E-state index contributed by atoms with van der Waals surface area (Å²) < 4.78 is 33.3. The van der Waals surface area contributed by atoms with E-state index in [1.165, 1.54) is 19.2 Å². The van der Waals surface area contributed by atoms with Crippen LogP contribution in [-0.4, -0.2) is 59.4 Å². The standard InChI is InChI=1S/C37H44FNO8/c1-36-13-11-23(41)16-21(36)7-8-24-25-17-30(33(27(43)19-40)37(25,2)18-26(42)32(24)36)47-35(44)31-28(45-3)9-10-29(34(31)38)46-14-12-20-5-4-6-22(39)15-20/h4-6,9-11,13,15-16,24-26,30,32-33,35,40,42,44H,7-8,12,14,17-19,39H2,1-3H3/t24-,25-,26-,30+,32+,33-,35+,36-,37-/m0/s1. The number of carbonyl (C=O) groups is 2. The molecule has 0 saturated heterocycles. The van der Waals surface area contributed by atoms with Crippen LogP contribution in [0.3, 0.4) is 0 Å². The number of benzene rings is 2. The van der Waals surface area contributed by atoms with E-state index < -0.39 is 53.5 Å². The largest absolute Gasteiger partial charge is 0.496 e. The van der Waals surface area contributed by atoms with Crippen molar-refractivity contribution in [2.45, 2.75) is 64.4 Å². The highest BCUT2D eigenvalue weighted by atomic mass is 19.1. The van der Waals surface area contributed by atoms with Gasteiger partial charge in [0, 0.05) is 23.4 Å². The van der Waals surface area contributed by atoms with E-state index in [0.29, 0.717) is 24.9 Å². The zero-order chi connectivity index (χ0) is 33.7. The number of carbonyl (C=O) groups excluding carboxylic acids is 2. The van der Waals surface area contributed by atoms with Crippen LogP contribution in [0.2, 0.25) is 0 Å². The topological polar surface area (TPSA) is 149 Å². The molecule has 0 radical (unpaired) electrons. The molecule has 4 aliphatic rings. The molecule has 0 unspecified atom stereocenters. The third-order valence-electron chi connectivity index (χ3n) is 11.5. The predicted molar refractivity (Wildman–Crippen MR) is 172 cm³/mol. The lowest BCUT2D eigenvalue weighted by molar-refractivity contribution is -0.168. The fraction of sp³-hybridized carbons (Fsp3) is 0.514. The molecule has 0 aliphatic heterocycles. The normalized spacial score (nSPS) is 33.3. The maximum atomic E-state index is 16.0. The van der Waals surface area contributed by atoms with E-state index in [-0.39, 0.29) is 53.6 Å². The third kappa shape index (κ3) is 5.79. The Hall–Kier alpha value is -3.57. The van der Waals surface area contributed by atoms with Crippen LogP contribution in [0, 0.1) is 40.3 Å². The smallest absolute Gasteiger partial charge is 0.188 e. The van der Waals surface area contributed by atoms with Gasteiger partial charge >= 0.3 is 0 Å². The number of aliphatic hydroxyl groups excluding tert-OH is 3. The number of allylic oxidation sites excluding steroid dienone is 4. The molecule has 3 saturated carbocycles. The molecule has 4 aliphatic carbocycles. The average molecular weight is 650 g/mol. The molecule has 2 aromatic carbocycles. The number of Topliss-reactive ketones (excluding diaryl/α,β-unsaturated/α-hetero) is 1. The molecule has 0 heterocycles. The molecule has 0 bridgehead atoms. The summed E-state index contributed by atoms with van der Waals surface area (Å²) in [6.45, 7) is 3.45. The Labute approximate surface area is 274 Å². The first-order valence-electron chi connectivity index (χ1n) is 16.3. The minimum Gasteiger partial charge on any atom is -0.496 e. The number of ketones is 2. The van der Waals surface area contributed by atoms with Gasteiger partial charge in [-0.05, 0) is 84.9 Å². The number of ether oxygens (including phenoxy) is 3. The van der Waals surface area contributed by atoms with Crippen LogP contribution >= 0.6 is 0 Å². The number of anilines is 1. The lowest BCUT2D eigenvalue weighted by Gasteiger charge is -2.58. The molecule has 9 nitrogen and oxygen atoms in total. The van der Waals surface area contributed by atoms with Crippen LogP contribution in [-0.2, 0) is 20.7 Å². The van der Waals surface area contributed by atoms with E-state index in [0.717, 1.165) is 17.6 Å². The van der Waals surface area contributed by atoms with Crippen molar-refractivity contribution in [3.8, 4) is 11.5 Å². The second kappa shape index (κ2) is 12.8. The molecule has 10 heteroatoms. The summed E-state index contributed by atoms with van der Waals surface area (Å²) in [5.41, 5.74) is 6.91. The lowest BCUT2D eigenvalue weighted by Crippen LogP contribution is -2.56. The van der Waals surface area contributed by atoms with Gasteiger partial charge in [-0.25, -0.2) is 4.39 Å². The van der Waals surface area contributed by atoms with Crippen molar-refractivity contribution < 1.29 is 43.5 Å². The van der Waals surface area contributed by atoms with Gasteiger partial charge in [0.05, 0.1) is 37.4 Å². The number of rotatable bonds is 10. The number of methoxy groups -OCH3 is 1. The molecule has 3 fully saturated rings. The van der Waals surface area contributed by atoms with Crippen LogP contribution in [0.15, 0.2) is 60.2 Å². The minimum atomic E-state index is -1.81. The molecular weight excluding hydrogens is 605 g/mol. The van der Waals surface area contributed by atoms with Crippen molar-refractivity contribution in [2.24, 2.45) is 34.5 Å². The Morgan fingerprint density at radius 2 is 1.96 bits per heavy atom. The second-order valence-corrected chi connectivity index (χ2v) is 14.0. The summed E-state index contributed by atoms with van der Waals surface area (Å²) in [6.07, 6.45) is 4.26. The van der Waals surface area contributed by atoms with Gasteiger partial charge in [0.15, 0.2) is 29.4 Å². The Balaban J connectivity index is 1.26. The van der Waals surface area contributed by atoms with Gasteiger partial charge in [-0.1, -0.05) is 37.6 Å². The molecule has 0 amide bonds. The summed E-state index contributed by atoms with van der Waals surface area (Å²) in [7, 11) is 1.36. The molecule has 9 atom stereocenters. The van der Waals surface area contributed by atoms with E-state index in [1.807, 2.05) is 31.2 Å². The zero-order valence-electron chi connectivity index (χ0n) is 27.0. The number of nitrogen functional groups attached to an aromatic ring is 1. The first kappa shape index (κ1) is 33.3. The Morgan fingerprint density at radius 3 is 2.68 bits per heavy atom. The number of nitrogens with two attached hydrogens (primary N) is 1. The number of aliphatic hydroxyl groups is 3. The van der Waals surface area contributed by atoms with Crippen molar-refractivity contribution in [3.63, 3.8) is 0 Å². The van der Waals surface area contributed by atoms with E-state index in [1.54, 1.807) is 18.2 Å². The first-order valence-corrected chi connectivity index (χ1v) is 16.3. The predicted octanol–water partition coefficient (Wildman–Crippen LogP) is 4.48. The van der Waals surface area contributed by atoms with Gasteiger partial charge in [-0.15, -0.1) is 0 Å². The minimum absolute atomic E-state index is 0.00791.